The molecule has 1 N–H and O–H groups in total. The second kappa shape index (κ2) is 10.4. The van der Waals surface area contributed by atoms with Crippen molar-refractivity contribution in [2.75, 3.05) is 18.5 Å². The van der Waals surface area contributed by atoms with Gasteiger partial charge in [0.15, 0.2) is 5.13 Å². The van der Waals surface area contributed by atoms with E-state index in [-0.39, 0.29) is 5.57 Å². The van der Waals surface area contributed by atoms with Crippen LogP contribution in [0.2, 0.25) is 0 Å². The van der Waals surface area contributed by atoms with Crippen LogP contribution in [0.5, 0.6) is 11.5 Å². The molecule has 1 aromatic heterocycles. The average molecular weight is 456 g/mol. The summed E-state index contributed by atoms with van der Waals surface area (Å²) in [4.78, 5) is 16.9. The number of benzene rings is 3. The summed E-state index contributed by atoms with van der Waals surface area (Å²) in [5, 5.41) is 12.6. The highest BCUT2D eigenvalue weighted by molar-refractivity contribution is 7.22. The highest BCUT2D eigenvalue weighted by Crippen LogP contribution is 2.26. The van der Waals surface area contributed by atoms with Gasteiger partial charge in [-0.3, -0.25) is 10.1 Å². The van der Waals surface area contributed by atoms with Gasteiger partial charge in [0.05, 0.1) is 10.2 Å². The molecule has 0 aliphatic carbocycles. The van der Waals surface area contributed by atoms with Crippen molar-refractivity contribution < 1.29 is 14.3 Å². The molecule has 0 aliphatic rings. The highest BCUT2D eigenvalue weighted by atomic mass is 32.1. The number of fused-ring (bicyclic) bond motifs is 1. The minimum atomic E-state index is -0.495. The smallest absolute Gasteiger partial charge is 0.268 e. The van der Waals surface area contributed by atoms with Crippen molar-refractivity contribution >= 4 is 38.7 Å². The van der Waals surface area contributed by atoms with Gasteiger partial charge in [0.2, 0.25) is 0 Å². The van der Waals surface area contributed by atoms with Crippen LogP contribution in [-0.2, 0) is 4.79 Å². The maximum absolute atomic E-state index is 12.5. The van der Waals surface area contributed by atoms with Crippen molar-refractivity contribution in [1.82, 2.24) is 4.98 Å². The Morgan fingerprint density at radius 3 is 2.52 bits per heavy atom. The highest BCUT2D eigenvalue weighted by Gasteiger charge is 2.12. The van der Waals surface area contributed by atoms with Crippen LogP contribution in [-0.4, -0.2) is 24.1 Å². The molecule has 4 aromatic rings. The number of anilines is 1. The number of hydrogen-bond donors (Lipinski definition) is 1. The molecule has 7 heteroatoms. The van der Waals surface area contributed by atoms with Crippen LogP contribution in [0.1, 0.15) is 11.1 Å². The zero-order chi connectivity index (χ0) is 23.0. The Kier molecular flexibility index (Phi) is 6.98. The maximum Gasteiger partial charge on any atom is 0.268 e. The lowest BCUT2D eigenvalue weighted by Gasteiger charge is -2.10. The molecule has 0 spiro atoms. The molecular weight excluding hydrogens is 434 g/mol. The van der Waals surface area contributed by atoms with Gasteiger partial charge in [0.1, 0.15) is 36.4 Å². The minimum Gasteiger partial charge on any atom is -0.490 e. The molecule has 0 saturated heterocycles. The van der Waals surface area contributed by atoms with E-state index in [1.165, 1.54) is 17.4 Å². The van der Waals surface area contributed by atoms with Gasteiger partial charge in [-0.05, 0) is 54.5 Å². The van der Waals surface area contributed by atoms with Crippen molar-refractivity contribution in [1.29, 1.82) is 5.26 Å². The quantitative estimate of drug-likeness (QED) is 0.212. The van der Waals surface area contributed by atoms with E-state index in [2.05, 4.69) is 10.3 Å². The lowest BCUT2D eigenvalue weighted by atomic mass is 10.1. The molecule has 6 nitrogen and oxygen atoms in total. The normalized spacial score (nSPS) is 11.1. The molecule has 0 radical (unpaired) electrons. The first kappa shape index (κ1) is 22.1. The SMILES string of the molecule is Cc1ccccc1OCCOc1ccc(/C=C(\C#N)C(=O)Nc2nc3ccccc3s2)cc1. The molecule has 0 unspecified atom stereocenters. The fourth-order valence-corrected chi connectivity index (χ4v) is 3.96. The summed E-state index contributed by atoms with van der Waals surface area (Å²) < 4.78 is 12.4. The van der Waals surface area contributed by atoms with Crippen molar-refractivity contribution in [3.05, 3.63) is 89.5 Å². The molecule has 3 aromatic carbocycles. The Hall–Kier alpha value is -4.15. The van der Waals surface area contributed by atoms with E-state index in [1.54, 1.807) is 24.3 Å². The largest absolute Gasteiger partial charge is 0.490 e. The van der Waals surface area contributed by atoms with Crippen LogP contribution in [0, 0.1) is 18.3 Å². The lowest BCUT2D eigenvalue weighted by Crippen LogP contribution is -2.13. The number of ether oxygens (including phenoxy) is 2. The minimum absolute atomic E-state index is 0.00504. The first-order valence-electron chi connectivity index (χ1n) is 10.3. The molecule has 0 saturated carbocycles. The molecule has 33 heavy (non-hydrogen) atoms. The third-order valence-corrected chi connectivity index (χ3v) is 5.73. The summed E-state index contributed by atoms with van der Waals surface area (Å²) in [6.07, 6.45) is 1.54. The van der Waals surface area contributed by atoms with Gasteiger partial charge in [-0.2, -0.15) is 5.26 Å². The summed E-state index contributed by atoms with van der Waals surface area (Å²) >= 11 is 1.36. The number of amides is 1. The van der Waals surface area contributed by atoms with Gasteiger partial charge in [-0.15, -0.1) is 0 Å². The van der Waals surface area contributed by atoms with Gasteiger partial charge in [0.25, 0.3) is 5.91 Å². The van der Waals surface area contributed by atoms with Crippen LogP contribution in [0.3, 0.4) is 0 Å². The van der Waals surface area contributed by atoms with E-state index in [4.69, 9.17) is 9.47 Å². The Morgan fingerprint density at radius 2 is 1.76 bits per heavy atom. The predicted octanol–water partition coefficient (Wildman–Crippen LogP) is 5.61. The number of aromatic nitrogens is 1. The Balaban J connectivity index is 1.32. The molecule has 1 amide bonds. The summed E-state index contributed by atoms with van der Waals surface area (Å²) in [5.41, 5.74) is 2.60. The number of hydrogen-bond acceptors (Lipinski definition) is 6. The maximum atomic E-state index is 12.5. The third-order valence-electron chi connectivity index (χ3n) is 4.77. The number of para-hydroxylation sites is 2. The molecule has 0 fully saturated rings. The number of nitrogens with one attached hydrogen (secondary N) is 1. The summed E-state index contributed by atoms with van der Waals surface area (Å²) in [6.45, 7) is 2.83. The monoisotopic (exact) mass is 455 g/mol. The summed E-state index contributed by atoms with van der Waals surface area (Å²) in [5.74, 6) is 1.03. The van der Waals surface area contributed by atoms with Crippen molar-refractivity contribution in [2.45, 2.75) is 6.92 Å². The van der Waals surface area contributed by atoms with Gasteiger partial charge >= 0.3 is 0 Å². The predicted molar refractivity (Wildman–Crippen MR) is 130 cm³/mol. The van der Waals surface area contributed by atoms with E-state index >= 15 is 0 Å². The fourth-order valence-electron chi connectivity index (χ4n) is 3.10. The van der Waals surface area contributed by atoms with Crippen LogP contribution < -0.4 is 14.8 Å². The first-order valence-corrected chi connectivity index (χ1v) is 11.1. The second-order valence-corrected chi connectivity index (χ2v) is 8.17. The number of thiazole rings is 1. The van der Waals surface area contributed by atoms with Crippen molar-refractivity contribution in [3.63, 3.8) is 0 Å². The number of carbonyl (C=O) groups is 1. The molecule has 0 bridgehead atoms. The number of rotatable bonds is 8. The number of aryl methyl sites for hydroxylation is 1. The molecule has 0 atom stereocenters. The van der Waals surface area contributed by atoms with E-state index in [9.17, 15) is 10.1 Å². The molecule has 164 valence electrons. The van der Waals surface area contributed by atoms with Gasteiger partial charge in [-0.25, -0.2) is 4.98 Å². The number of carbonyl (C=O) groups excluding carboxylic acids is 1. The molecular formula is C26H21N3O3S. The van der Waals surface area contributed by atoms with Crippen molar-refractivity contribution in [2.24, 2.45) is 0 Å². The third kappa shape index (κ3) is 5.76. The average Bonchev–Trinajstić information content (AvgIpc) is 3.24. The second-order valence-electron chi connectivity index (χ2n) is 7.14. The molecule has 0 aliphatic heterocycles. The van der Waals surface area contributed by atoms with Crippen LogP contribution in [0.4, 0.5) is 5.13 Å². The van der Waals surface area contributed by atoms with E-state index in [0.717, 1.165) is 27.1 Å². The van der Waals surface area contributed by atoms with Crippen LogP contribution >= 0.6 is 11.3 Å². The zero-order valence-corrected chi connectivity index (χ0v) is 18.8. The van der Waals surface area contributed by atoms with Crippen LogP contribution in [0.25, 0.3) is 16.3 Å². The Labute approximate surface area is 195 Å². The number of nitriles is 1. The Morgan fingerprint density at radius 1 is 1.03 bits per heavy atom. The van der Waals surface area contributed by atoms with E-state index < -0.39 is 5.91 Å². The molecule has 4 rings (SSSR count). The lowest BCUT2D eigenvalue weighted by molar-refractivity contribution is -0.112. The van der Waals surface area contributed by atoms with Crippen LogP contribution in [0.15, 0.2) is 78.4 Å². The summed E-state index contributed by atoms with van der Waals surface area (Å²) in [7, 11) is 0. The summed E-state index contributed by atoms with van der Waals surface area (Å²) in [6, 6.07) is 24.6. The van der Waals surface area contributed by atoms with Gasteiger partial charge < -0.3 is 9.47 Å². The first-order chi connectivity index (χ1) is 16.1. The number of nitrogens with zero attached hydrogens (tertiary/aromatic N) is 2. The van der Waals surface area contributed by atoms with Crippen molar-refractivity contribution in [3.8, 4) is 17.6 Å². The van der Waals surface area contributed by atoms with Gasteiger partial charge in [0, 0.05) is 0 Å². The zero-order valence-electron chi connectivity index (χ0n) is 17.9. The fraction of sp³-hybridized carbons (Fsp3) is 0.115. The molecule has 1 heterocycles. The standard InChI is InChI=1S/C26H21N3O3S/c1-18-6-2-4-8-23(18)32-15-14-31-21-12-10-19(11-13-21)16-20(17-27)25(30)29-26-28-22-7-3-5-9-24(22)33-26/h2-13,16H,14-15H2,1H3,(H,28,29,30)/b20-16+. The Bertz CT molecular complexity index is 1300. The van der Waals surface area contributed by atoms with E-state index in [0.29, 0.717) is 24.1 Å². The van der Waals surface area contributed by atoms with E-state index in [1.807, 2.05) is 61.5 Å². The van der Waals surface area contributed by atoms with Gasteiger partial charge in [-0.1, -0.05) is 53.8 Å². The topological polar surface area (TPSA) is 84.2 Å².